The number of aromatic hydroxyl groups is 4. The third-order valence-electron chi connectivity index (χ3n) is 3.23. The first-order valence-electron chi connectivity index (χ1n) is 6.17. The molecule has 0 aliphatic heterocycles. The summed E-state index contributed by atoms with van der Waals surface area (Å²) in [4.78, 5) is 0. The van der Waals surface area contributed by atoms with Crippen molar-refractivity contribution in [2.24, 2.45) is 0 Å². The van der Waals surface area contributed by atoms with E-state index >= 15 is 0 Å². The second-order valence-corrected chi connectivity index (χ2v) is 4.75. The van der Waals surface area contributed by atoms with Gasteiger partial charge in [-0.3, -0.25) is 0 Å². The van der Waals surface area contributed by atoms with Gasteiger partial charge in [0.2, 0.25) is 5.75 Å². The highest BCUT2D eigenvalue weighted by Crippen LogP contribution is 2.37. The van der Waals surface area contributed by atoms with Crippen LogP contribution in [0.1, 0.15) is 16.7 Å². The molecule has 0 heterocycles. The summed E-state index contributed by atoms with van der Waals surface area (Å²) < 4.78 is 0. The van der Waals surface area contributed by atoms with E-state index in [1.165, 1.54) is 12.1 Å². The van der Waals surface area contributed by atoms with Crippen molar-refractivity contribution >= 4 is 5.69 Å². The van der Waals surface area contributed by atoms with Crippen LogP contribution in [-0.2, 0) is 6.54 Å². The van der Waals surface area contributed by atoms with Crippen LogP contribution in [0, 0.1) is 13.8 Å². The quantitative estimate of drug-likeness (QED) is 0.439. The van der Waals surface area contributed by atoms with Gasteiger partial charge in [0.05, 0.1) is 0 Å². The summed E-state index contributed by atoms with van der Waals surface area (Å²) in [6.07, 6.45) is 0. The van der Waals surface area contributed by atoms with Crippen LogP contribution in [0.3, 0.4) is 0 Å². The molecule has 0 bridgehead atoms. The van der Waals surface area contributed by atoms with E-state index in [9.17, 15) is 20.4 Å². The Kier molecular flexibility index (Phi) is 3.61. The van der Waals surface area contributed by atoms with Gasteiger partial charge < -0.3 is 25.7 Å². The maximum Gasteiger partial charge on any atom is 0.200 e. The number of phenols is 4. The Morgan fingerprint density at radius 1 is 0.850 bits per heavy atom. The normalized spacial score (nSPS) is 10.5. The molecule has 0 amide bonds. The lowest BCUT2D eigenvalue weighted by Crippen LogP contribution is -2.02. The predicted molar refractivity (Wildman–Crippen MR) is 76.3 cm³/mol. The molecule has 0 unspecified atom stereocenters. The standard InChI is InChI=1S/C15H17NO4/c1-8-6-13(18)9(2)5-11(8)16-7-10-3-4-12(17)15(20)14(10)19/h3-6,16-20H,7H2,1-2H3. The fourth-order valence-corrected chi connectivity index (χ4v) is 1.94. The van der Waals surface area contributed by atoms with Gasteiger partial charge in [-0.1, -0.05) is 0 Å². The predicted octanol–water partition coefficient (Wildman–Crippen LogP) is 2.74. The molecular weight excluding hydrogens is 258 g/mol. The Labute approximate surface area is 116 Å². The molecular formula is C15H17NO4. The number of nitrogens with one attached hydrogen (secondary N) is 1. The lowest BCUT2D eigenvalue weighted by Gasteiger charge is -2.13. The van der Waals surface area contributed by atoms with Crippen molar-refractivity contribution in [2.75, 3.05) is 5.32 Å². The van der Waals surface area contributed by atoms with Crippen molar-refractivity contribution in [1.82, 2.24) is 0 Å². The first-order valence-corrected chi connectivity index (χ1v) is 6.17. The number of phenolic OH excluding ortho intramolecular Hbond substituents is 4. The van der Waals surface area contributed by atoms with Gasteiger partial charge in [0.15, 0.2) is 11.5 Å². The number of benzene rings is 2. The highest BCUT2D eigenvalue weighted by Gasteiger charge is 2.11. The molecule has 5 N–H and O–H groups in total. The average molecular weight is 275 g/mol. The number of hydrogen-bond donors (Lipinski definition) is 5. The zero-order valence-electron chi connectivity index (χ0n) is 11.3. The molecule has 0 aliphatic rings. The number of hydrogen-bond acceptors (Lipinski definition) is 5. The van der Waals surface area contributed by atoms with Crippen molar-refractivity contribution in [3.63, 3.8) is 0 Å². The molecule has 0 spiro atoms. The van der Waals surface area contributed by atoms with Gasteiger partial charge in [-0.05, 0) is 49.2 Å². The minimum absolute atomic E-state index is 0.234. The minimum atomic E-state index is -0.525. The topological polar surface area (TPSA) is 93.0 Å². The summed E-state index contributed by atoms with van der Waals surface area (Å²) in [5.74, 6) is -0.991. The Hall–Kier alpha value is -2.56. The van der Waals surface area contributed by atoms with Crippen LogP contribution >= 0.6 is 0 Å². The zero-order chi connectivity index (χ0) is 14.9. The molecule has 5 heteroatoms. The van der Waals surface area contributed by atoms with E-state index in [1.54, 1.807) is 13.0 Å². The Morgan fingerprint density at radius 2 is 1.55 bits per heavy atom. The number of anilines is 1. The third-order valence-corrected chi connectivity index (χ3v) is 3.23. The molecule has 2 aromatic carbocycles. The Bertz CT molecular complexity index is 651. The van der Waals surface area contributed by atoms with Gasteiger partial charge in [-0.2, -0.15) is 0 Å². The van der Waals surface area contributed by atoms with Crippen LogP contribution in [0.4, 0.5) is 5.69 Å². The van der Waals surface area contributed by atoms with Crippen LogP contribution < -0.4 is 5.32 Å². The van der Waals surface area contributed by atoms with Gasteiger partial charge in [0.25, 0.3) is 0 Å². The van der Waals surface area contributed by atoms with Crippen molar-refractivity contribution < 1.29 is 20.4 Å². The molecule has 0 atom stereocenters. The van der Waals surface area contributed by atoms with Crippen LogP contribution in [-0.4, -0.2) is 20.4 Å². The third kappa shape index (κ3) is 2.56. The highest BCUT2D eigenvalue weighted by atomic mass is 16.3. The molecule has 20 heavy (non-hydrogen) atoms. The second-order valence-electron chi connectivity index (χ2n) is 4.75. The smallest absolute Gasteiger partial charge is 0.200 e. The van der Waals surface area contributed by atoms with E-state index in [4.69, 9.17) is 0 Å². The van der Waals surface area contributed by atoms with Gasteiger partial charge in [-0.15, -0.1) is 0 Å². The lowest BCUT2D eigenvalue weighted by atomic mass is 10.1. The van der Waals surface area contributed by atoms with Crippen molar-refractivity contribution in [3.05, 3.63) is 41.0 Å². The summed E-state index contributed by atoms with van der Waals surface area (Å²) >= 11 is 0. The Balaban J connectivity index is 2.21. The van der Waals surface area contributed by atoms with Crippen LogP contribution in [0.15, 0.2) is 24.3 Å². The molecule has 0 aliphatic carbocycles. The van der Waals surface area contributed by atoms with E-state index in [0.717, 1.165) is 16.8 Å². The molecule has 5 nitrogen and oxygen atoms in total. The minimum Gasteiger partial charge on any atom is -0.508 e. The molecule has 2 aromatic rings. The van der Waals surface area contributed by atoms with E-state index in [-0.39, 0.29) is 23.8 Å². The molecule has 0 fully saturated rings. The molecule has 0 saturated carbocycles. The van der Waals surface area contributed by atoms with E-state index in [1.807, 2.05) is 13.0 Å². The van der Waals surface area contributed by atoms with Gasteiger partial charge in [0.1, 0.15) is 5.75 Å². The molecule has 106 valence electrons. The molecule has 2 rings (SSSR count). The van der Waals surface area contributed by atoms with Crippen molar-refractivity contribution in [2.45, 2.75) is 20.4 Å². The average Bonchev–Trinajstić information content (AvgIpc) is 2.40. The number of rotatable bonds is 3. The first-order chi connectivity index (χ1) is 9.40. The first kappa shape index (κ1) is 13.9. The maximum atomic E-state index is 9.73. The molecule has 0 saturated heterocycles. The van der Waals surface area contributed by atoms with E-state index in [2.05, 4.69) is 5.32 Å². The van der Waals surface area contributed by atoms with E-state index in [0.29, 0.717) is 5.56 Å². The fourth-order valence-electron chi connectivity index (χ4n) is 1.94. The van der Waals surface area contributed by atoms with Crippen LogP contribution in [0.5, 0.6) is 23.0 Å². The fraction of sp³-hybridized carbons (Fsp3) is 0.200. The summed E-state index contributed by atoms with van der Waals surface area (Å²) in [7, 11) is 0. The Morgan fingerprint density at radius 3 is 2.25 bits per heavy atom. The number of aryl methyl sites for hydroxylation is 2. The summed E-state index contributed by atoms with van der Waals surface area (Å²) in [6, 6.07) is 6.31. The van der Waals surface area contributed by atoms with Crippen molar-refractivity contribution in [3.8, 4) is 23.0 Å². The van der Waals surface area contributed by atoms with Crippen LogP contribution in [0.2, 0.25) is 0 Å². The summed E-state index contributed by atoms with van der Waals surface area (Å²) in [6.45, 7) is 3.93. The van der Waals surface area contributed by atoms with Gasteiger partial charge in [0, 0.05) is 17.8 Å². The van der Waals surface area contributed by atoms with Gasteiger partial charge >= 0.3 is 0 Å². The monoisotopic (exact) mass is 275 g/mol. The molecule has 0 radical (unpaired) electrons. The van der Waals surface area contributed by atoms with Crippen molar-refractivity contribution in [1.29, 1.82) is 0 Å². The largest absolute Gasteiger partial charge is 0.508 e. The zero-order valence-corrected chi connectivity index (χ0v) is 11.3. The maximum absolute atomic E-state index is 9.73. The molecule has 0 aromatic heterocycles. The lowest BCUT2D eigenvalue weighted by molar-refractivity contribution is 0.365. The van der Waals surface area contributed by atoms with E-state index < -0.39 is 5.75 Å². The summed E-state index contributed by atoms with van der Waals surface area (Å²) in [5.41, 5.74) is 2.91. The second kappa shape index (κ2) is 5.21. The SMILES string of the molecule is Cc1cc(NCc2ccc(O)c(O)c2O)c(C)cc1O. The summed E-state index contributed by atoms with van der Waals surface area (Å²) in [5, 5.41) is 41.2. The highest BCUT2D eigenvalue weighted by molar-refractivity contribution is 5.58. The van der Waals surface area contributed by atoms with Crippen LogP contribution in [0.25, 0.3) is 0 Å². The van der Waals surface area contributed by atoms with Gasteiger partial charge in [-0.25, -0.2) is 0 Å².